The van der Waals surface area contributed by atoms with Crippen LogP contribution in [0.4, 0.5) is 0 Å². The first-order chi connectivity index (χ1) is 15.1. The maximum atomic E-state index is 12.7. The number of amides is 1. The van der Waals surface area contributed by atoms with Crippen molar-refractivity contribution in [3.05, 3.63) is 42.5 Å². The number of aliphatic hydroxyl groups is 1. The van der Waals surface area contributed by atoms with E-state index in [9.17, 15) is 9.90 Å². The molecule has 0 aromatic heterocycles. The van der Waals surface area contributed by atoms with Gasteiger partial charge in [-0.15, -0.1) is 6.58 Å². The van der Waals surface area contributed by atoms with Gasteiger partial charge in [0.25, 0.3) is 5.91 Å². The van der Waals surface area contributed by atoms with Gasteiger partial charge in [0, 0.05) is 57.9 Å². The topological polar surface area (TPSA) is 74.7 Å². The summed E-state index contributed by atoms with van der Waals surface area (Å²) in [6, 6.07) is 7.26. The molecule has 1 amide bonds. The van der Waals surface area contributed by atoms with E-state index in [4.69, 9.17) is 14.2 Å². The van der Waals surface area contributed by atoms with Gasteiger partial charge >= 0.3 is 0 Å². The number of rotatable bonds is 10. The standard InChI is InChI=1S/C23H35N3O5/c1-3-13-30-18-20(27)15-25-12-14-31-22(17-25)16-24-8-10-26(11-9-24)23(28)19-4-6-21(29-2)7-5-19/h3-7,20,22,27H,1,8-18H2,2H3. The number of piperazine rings is 1. The van der Waals surface area contributed by atoms with Gasteiger partial charge in [-0.2, -0.15) is 0 Å². The van der Waals surface area contributed by atoms with Gasteiger partial charge in [-0.25, -0.2) is 0 Å². The van der Waals surface area contributed by atoms with E-state index in [-0.39, 0.29) is 12.0 Å². The summed E-state index contributed by atoms with van der Waals surface area (Å²) in [4.78, 5) is 19.2. The fourth-order valence-electron chi connectivity index (χ4n) is 4.03. The van der Waals surface area contributed by atoms with Crippen LogP contribution >= 0.6 is 0 Å². The van der Waals surface area contributed by atoms with Crippen LogP contribution in [0.5, 0.6) is 5.75 Å². The molecule has 1 aromatic carbocycles. The molecule has 2 saturated heterocycles. The minimum Gasteiger partial charge on any atom is -0.497 e. The van der Waals surface area contributed by atoms with Gasteiger partial charge in [0.05, 0.1) is 39.1 Å². The summed E-state index contributed by atoms with van der Waals surface area (Å²) in [6.45, 7) is 11.2. The smallest absolute Gasteiger partial charge is 0.253 e. The zero-order chi connectivity index (χ0) is 22.1. The van der Waals surface area contributed by atoms with E-state index in [2.05, 4.69) is 16.4 Å². The van der Waals surface area contributed by atoms with Crippen LogP contribution in [0.2, 0.25) is 0 Å². The summed E-state index contributed by atoms with van der Waals surface area (Å²) in [6.07, 6.45) is 1.28. The Labute approximate surface area is 185 Å². The van der Waals surface area contributed by atoms with Crippen LogP contribution in [0.1, 0.15) is 10.4 Å². The van der Waals surface area contributed by atoms with Crippen molar-refractivity contribution in [1.82, 2.24) is 14.7 Å². The highest BCUT2D eigenvalue weighted by atomic mass is 16.5. The van der Waals surface area contributed by atoms with Gasteiger partial charge in [0.1, 0.15) is 5.75 Å². The Bertz CT molecular complexity index is 691. The quantitative estimate of drug-likeness (QED) is 0.430. The van der Waals surface area contributed by atoms with Crippen LogP contribution in [-0.2, 0) is 9.47 Å². The summed E-state index contributed by atoms with van der Waals surface area (Å²) < 4.78 is 16.4. The van der Waals surface area contributed by atoms with Crippen molar-refractivity contribution in [2.45, 2.75) is 12.2 Å². The Morgan fingerprint density at radius 1 is 1.23 bits per heavy atom. The molecule has 8 nitrogen and oxygen atoms in total. The Kier molecular flexibility index (Phi) is 9.30. The highest BCUT2D eigenvalue weighted by molar-refractivity contribution is 5.94. The number of methoxy groups -OCH3 is 1. The van der Waals surface area contributed by atoms with Crippen molar-refractivity contribution in [3.63, 3.8) is 0 Å². The van der Waals surface area contributed by atoms with Gasteiger partial charge in [-0.05, 0) is 24.3 Å². The number of β-amino-alcohol motifs (C(OH)–C–C–N with tert-alkyl or cyclic N) is 1. The number of benzene rings is 1. The van der Waals surface area contributed by atoms with E-state index in [0.717, 1.165) is 38.5 Å². The van der Waals surface area contributed by atoms with Crippen LogP contribution in [0.15, 0.2) is 36.9 Å². The fraction of sp³-hybridized carbons (Fsp3) is 0.609. The summed E-state index contributed by atoms with van der Waals surface area (Å²) in [5.41, 5.74) is 0.691. The average Bonchev–Trinajstić information content (AvgIpc) is 2.79. The zero-order valence-electron chi connectivity index (χ0n) is 18.4. The van der Waals surface area contributed by atoms with E-state index in [0.29, 0.717) is 45.0 Å². The first-order valence-corrected chi connectivity index (χ1v) is 11.0. The van der Waals surface area contributed by atoms with Crippen molar-refractivity contribution in [2.75, 3.05) is 79.3 Å². The van der Waals surface area contributed by atoms with E-state index < -0.39 is 6.10 Å². The molecule has 172 valence electrons. The van der Waals surface area contributed by atoms with Crippen LogP contribution < -0.4 is 4.74 Å². The molecule has 2 aliphatic heterocycles. The number of carbonyl (C=O) groups excluding carboxylic acids is 1. The van der Waals surface area contributed by atoms with E-state index in [1.807, 2.05) is 29.2 Å². The van der Waals surface area contributed by atoms with E-state index in [1.54, 1.807) is 13.2 Å². The number of nitrogens with zero attached hydrogens (tertiary/aromatic N) is 3. The largest absolute Gasteiger partial charge is 0.497 e. The molecular formula is C23H35N3O5. The van der Waals surface area contributed by atoms with Crippen molar-refractivity contribution >= 4 is 5.91 Å². The molecule has 0 spiro atoms. The van der Waals surface area contributed by atoms with Gasteiger partial charge in [0.2, 0.25) is 0 Å². The minimum atomic E-state index is -0.508. The molecule has 0 saturated carbocycles. The Balaban J connectivity index is 1.39. The van der Waals surface area contributed by atoms with Crippen LogP contribution in [0, 0.1) is 0 Å². The third kappa shape index (κ3) is 7.29. The first-order valence-electron chi connectivity index (χ1n) is 11.0. The van der Waals surface area contributed by atoms with Crippen LogP contribution in [-0.4, -0.2) is 117 Å². The highest BCUT2D eigenvalue weighted by Crippen LogP contribution is 2.15. The number of hydrogen-bond donors (Lipinski definition) is 1. The van der Waals surface area contributed by atoms with Gasteiger partial charge < -0.3 is 24.2 Å². The predicted octanol–water partition coefficient (Wildman–Crippen LogP) is 0.717. The maximum absolute atomic E-state index is 12.7. The summed E-state index contributed by atoms with van der Waals surface area (Å²) in [7, 11) is 1.62. The first kappa shape index (κ1) is 23.7. The Hall–Kier alpha value is -1.97. The number of hydrogen-bond acceptors (Lipinski definition) is 7. The summed E-state index contributed by atoms with van der Waals surface area (Å²) in [5.74, 6) is 0.815. The highest BCUT2D eigenvalue weighted by Gasteiger charge is 2.27. The molecule has 2 fully saturated rings. The zero-order valence-corrected chi connectivity index (χ0v) is 18.4. The minimum absolute atomic E-state index is 0.0649. The van der Waals surface area contributed by atoms with E-state index in [1.165, 1.54) is 0 Å². The van der Waals surface area contributed by atoms with Crippen molar-refractivity contribution < 1.29 is 24.1 Å². The number of ether oxygens (including phenoxy) is 3. The normalized spacial score (nSPS) is 21.6. The third-order valence-electron chi connectivity index (χ3n) is 5.70. The molecule has 1 aromatic rings. The lowest BCUT2D eigenvalue weighted by molar-refractivity contribution is -0.0626. The Morgan fingerprint density at radius 2 is 1.97 bits per heavy atom. The van der Waals surface area contributed by atoms with Crippen molar-refractivity contribution in [2.24, 2.45) is 0 Å². The molecule has 2 atom stereocenters. The van der Waals surface area contributed by atoms with E-state index >= 15 is 0 Å². The third-order valence-corrected chi connectivity index (χ3v) is 5.70. The molecule has 2 unspecified atom stereocenters. The second-order valence-corrected chi connectivity index (χ2v) is 8.05. The molecule has 0 bridgehead atoms. The lowest BCUT2D eigenvalue weighted by Gasteiger charge is -2.39. The van der Waals surface area contributed by atoms with Gasteiger partial charge in [-0.1, -0.05) is 6.08 Å². The Morgan fingerprint density at radius 3 is 2.65 bits per heavy atom. The molecule has 0 aliphatic carbocycles. The molecular weight excluding hydrogens is 398 g/mol. The SMILES string of the molecule is C=CCOCC(O)CN1CCOC(CN2CCN(C(=O)c3ccc(OC)cc3)CC2)C1. The van der Waals surface area contributed by atoms with Gasteiger partial charge in [0.15, 0.2) is 0 Å². The molecule has 3 rings (SSSR count). The molecule has 8 heteroatoms. The van der Waals surface area contributed by atoms with Crippen molar-refractivity contribution in [3.8, 4) is 5.75 Å². The number of aliphatic hydroxyl groups excluding tert-OH is 1. The number of morpholine rings is 1. The molecule has 2 aliphatic rings. The van der Waals surface area contributed by atoms with Crippen molar-refractivity contribution in [1.29, 1.82) is 0 Å². The second-order valence-electron chi connectivity index (χ2n) is 8.05. The monoisotopic (exact) mass is 433 g/mol. The predicted molar refractivity (Wildman–Crippen MR) is 119 cm³/mol. The lowest BCUT2D eigenvalue weighted by atomic mass is 10.1. The molecule has 0 radical (unpaired) electrons. The van der Waals surface area contributed by atoms with Crippen LogP contribution in [0.3, 0.4) is 0 Å². The molecule has 2 heterocycles. The molecule has 1 N–H and O–H groups in total. The van der Waals surface area contributed by atoms with Gasteiger partial charge in [-0.3, -0.25) is 14.6 Å². The average molecular weight is 434 g/mol. The number of carbonyl (C=O) groups is 1. The molecule has 31 heavy (non-hydrogen) atoms. The van der Waals surface area contributed by atoms with Crippen LogP contribution in [0.25, 0.3) is 0 Å². The lowest BCUT2D eigenvalue weighted by Crippen LogP contribution is -2.54. The second kappa shape index (κ2) is 12.2. The summed E-state index contributed by atoms with van der Waals surface area (Å²) in [5, 5.41) is 10.1. The fourth-order valence-corrected chi connectivity index (χ4v) is 4.03. The maximum Gasteiger partial charge on any atom is 0.253 e. The summed E-state index contributed by atoms with van der Waals surface area (Å²) >= 11 is 0.